The topological polar surface area (TPSA) is 116 Å². The minimum atomic E-state index is -1.02. The molecule has 0 radical (unpaired) electrons. The molecule has 0 amide bonds. The van der Waals surface area contributed by atoms with E-state index in [2.05, 4.69) is 5.10 Å². The van der Waals surface area contributed by atoms with Gasteiger partial charge in [0.15, 0.2) is 5.03 Å². The predicted molar refractivity (Wildman–Crippen MR) is 57.6 cm³/mol. The summed E-state index contributed by atoms with van der Waals surface area (Å²) in [6, 6.07) is 0. The molecule has 3 N–H and O–H groups in total. The third kappa shape index (κ3) is 2.96. The smallest absolute Gasteiger partial charge is 0.342 e. The number of carboxylic acid groups (broad SMARTS) is 1. The number of aliphatic carboxylic acids is 1. The van der Waals surface area contributed by atoms with E-state index in [-0.39, 0.29) is 10.9 Å². The first-order valence-electron chi connectivity index (χ1n) is 4.50. The Morgan fingerprint density at radius 2 is 2.06 bits per heavy atom. The van der Waals surface area contributed by atoms with E-state index < -0.39 is 22.5 Å². The molecule has 7 nitrogen and oxygen atoms in total. The second-order valence-electron chi connectivity index (χ2n) is 3.43. The standard InChI is InChI=1S/C8H11N3O4S/c1-3(2)4(7(13)14)16-6-5(12)9-8(15)11-10-6/h3-4H,1-2H3,(H,13,14)(H2,9,11,12,15)/t4-/m1/s1. The summed E-state index contributed by atoms with van der Waals surface area (Å²) in [6.45, 7) is 3.46. The molecule has 0 aromatic carbocycles. The summed E-state index contributed by atoms with van der Waals surface area (Å²) in [5.74, 6) is -1.18. The average molecular weight is 245 g/mol. The number of hydrogen-bond donors (Lipinski definition) is 3. The van der Waals surface area contributed by atoms with Crippen LogP contribution in [0.15, 0.2) is 14.6 Å². The minimum absolute atomic E-state index is 0.0549. The van der Waals surface area contributed by atoms with Gasteiger partial charge in [-0.25, -0.2) is 9.89 Å². The monoisotopic (exact) mass is 245 g/mol. The Hall–Kier alpha value is -1.57. The Labute approximate surface area is 94.3 Å². The third-order valence-electron chi connectivity index (χ3n) is 1.77. The molecule has 0 saturated heterocycles. The molecule has 1 aromatic heterocycles. The van der Waals surface area contributed by atoms with Crippen LogP contribution in [0.1, 0.15) is 13.8 Å². The van der Waals surface area contributed by atoms with E-state index in [9.17, 15) is 14.4 Å². The van der Waals surface area contributed by atoms with Crippen LogP contribution in [0.3, 0.4) is 0 Å². The Kier molecular flexibility index (Phi) is 3.88. The molecule has 0 bridgehead atoms. The molecule has 0 aliphatic heterocycles. The lowest BCUT2D eigenvalue weighted by atomic mass is 10.1. The minimum Gasteiger partial charge on any atom is -0.480 e. The number of aromatic nitrogens is 3. The second kappa shape index (κ2) is 4.97. The Morgan fingerprint density at radius 3 is 2.50 bits per heavy atom. The van der Waals surface area contributed by atoms with E-state index in [1.807, 2.05) is 10.1 Å². The maximum absolute atomic E-state index is 11.3. The highest BCUT2D eigenvalue weighted by Gasteiger charge is 2.24. The fourth-order valence-electron chi connectivity index (χ4n) is 1.01. The molecule has 1 heterocycles. The Balaban J connectivity index is 2.99. The lowest BCUT2D eigenvalue weighted by Crippen LogP contribution is -2.28. The fourth-order valence-corrected chi connectivity index (χ4v) is 1.88. The highest BCUT2D eigenvalue weighted by atomic mass is 32.2. The van der Waals surface area contributed by atoms with Gasteiger partial charge in [-0.05, 0) is 5.92 Å². The molecule has 88 valence electrons. The number of carboxylic acids is 1. The SMILES string of the molecule is CC(C)[C@@H](Sc1n[nH]c(=O)[nH]c1=O)C(=O)O. The fraction of sp³-hybridized carbons (Fsp3) is 0.500. The highest BCUT2D eigenvalue weighted by Crippen LogP contribution is 2.23. The molecular formula is C8H11N3O4S. The van der Waals surface area contributed by atoms with Crippen LogP contribution in [0.4, 0.5) is 0 Å². The zero-order valence-corrected chi connectivity index (χ0v) is 9.50. The van der Waals surface area contributed by atoms with Crippen molar-refractivity contribution in [1.82, 2.24) is 15.2 Å². The van der Waals surface area contributed by atoms with Gasteiger partial charge in [-0.1, -0.05) is 25.6 Å². The van der Waals surface area contributed by atoms with Gasteiger partial charge in [-0.15, -0.1) is 0 Å². The molecular weight excluding hydrogens is 234 g/mol. The van der Waals surface area contributed by atoms with Gasteiger partial charge in [-0.3, -0.25) is 14.6 Å². The number of rotatable bonds is 4. The van der Waals surface area contributed by atoms with Crippen molar-refractivity contribution < 1.29 is 9.90 Å². The predicted octanol–water partition coefficient (Wildman–Crippen LogP) is -0.341. The van der Waals surface area contributed by atoms with Crippen LogP contribution in [-0.4, -0.2) is 31.5 Å². The van der Waals surface area contributed by atoms with Crippen molar-refractivity contribution in [2.45, 2.75) is 24.1 Å². The molecule has 0 saturated carbocycles. The largest absolute Gasteiger partial charge is 0.480 e. The van der Waals surface area contributed by atoms with E-state index in [4.69, 9.17) is 5.11 Å². The maximum atomic E-state index is 11.3. The van der Waals surface area contributed by atoms with E-state index in [0.29, 0.717) is 0 Å². The molecule has 0 aliphatic carbocycles. The summed E-state index contributed by atoms with van der Waals surface area (Å²) in [7, 11) is 0. The van der Waals surface area contributed by atoms with Crippen LogP contribution in [0.2, 0.25) is 0 Å². The van der Waals surface area contributed by atoms with Crippen LogP contribution in [0.5, 0.6) is 0 Å². The van der Waals surface area contributed by atoms with Crippen molar-refractivity contribution in [1.29, 1.82) is 0 Å². The van der Waals surface area contributed by atoms with Gasteiger partial charge in [0.2, 0.25) is 0 Å². The Morgan fingerprint density at radius 1 is 1.44 bits per heavy atom. The van der Waals surface area contributed by atoms with Crippen molar-refractivity contribution in [2.75, 3.05) is 0 Å². The summed E-state index contributed by atoms with van der Waals surface area (Å²) in [5.41, 5.74) is -1.40. The second-order valence-corrected chi connectivity index (χ2v) is 4.56. The van der Waals surface area contributed by atoms with Crippen LogP contribution in [0.25, 0.3) is 0 Å². The summed E-state index contributed by atoms with van der Waals surface area (Å²) in [5, 5.41) is 13.6. The molecule has 16 heavy (non-hydrogen) atoms. The van der Waals surface area contributed by atoms with Crippen molar-refractivity contribution in [3.05, 3.63) is 20.8 Å². The Bertz CT molecular complexity index is 493. The van der Waals surface area contributed by atoms with Crippen LogP contribution in [-0.2, 0) is 4.79 Å². The first-order valence-corrected chi connectivity index (χ1v) is 5.38. The summed E-state index contributed by atoms with van der Waals surface area (Å²) >= 11 is 0.816. The molecule has 0 unspecified atom stereocenters. The normalized spacial score (nSPS) is 12.7. The van der Waals surface area contributed by atoms with Gasteiger partial charge in [0, 0.05) is 0 Å². The van der Waals surface area contributed by atoms with Crippen molar-refractivity contribution in [2.24, 2.45) is 5.92 Å². The number of thioether (sulfide) groups is 1. The van der Waals surface area contributed by atoms with Crippen LogP contribution >= 0.6 is 11.8 Å². The van der Waals surface area contributed by atoms with Crippen molar-refractivity contribution in [3.63, 3.8) is 0 Å². The number of H-pyrrole nitrogens is 2. The number of aromatic amines is 2. The van der Waals surface area contributed by atoms with E-state index >= 15 is 0 Å². The van der Waals surface area contributed by atoms with Gasteiger partial charge in [0.25, 0.3) is 5.56 Å². The van der Waals surface area contributed by atoms with Gasteiger partial charge >= 0.3 is 11.7 Å². The lowest BCUT2D eigenvalue weighted by Gasteiger charge is -2.13. The zero-order chi connectivity index (χ0) is 12.3. The molecule has 1 atom stereocenters. The van der Waals surface area contributed by atoms with E-state index in [1.165, 1.54) is 0 Å². The number of hydrogen-bond acceptors (Lipinski definition) is 5. The summed E-state index contributed by atoms with van der Waals surface area (Å²) in [6.07, 6.45) is 0. The number of nitrogens with one attached hydrogen (secondary N) is 2. The molecule has 0 spiro atoms. The first-order chi connectivity index (χ1) is 7.41. The molecule has 0 fully saturated rings. The molecule has 0 aliphatic rings. The van der Waals surface area contributed by atoms with Crippen molar-refractivity contribution in [3.8, 4) is 0 Å². The van der Waals surface area contributed by atoms with Crippen LogP contribution < -0.4 is 11.2 Å². The van der Waals surface area contributed by atoms with E-state index in [0.717, 1.165) is 11.8 Å². The van der Waals surface area contributed by atoms with Crippen LogP contribution in [0, 0.1) is 5.92 Å². The van der Waals surface area contributed by atoms with Gasteiger partial charge < -0.3 is 5.11 Å². The van der Waals surface area contributed by atoms with E-state index in [1.54, 1.807) is 13.8 Å². The third-order valence-corrected chi connectivity index (χ3v) is 3.27. The first kappa shape index (κ1) is 12.5. The lowest BCUT2D eigenvalue weighted by molar-refractivity contribution is -0.137. The average Bonchev–Trinajstić information content (AvgIpc) is 2.15. The zero-order valence-electron chi connectivity index (χ0n) is 8.68. The summed E-state index contributed by atoms with van der Waals surface area (Å²) in [4.78, 5) is 34.8. The quantitative estimate of drug-likeness (QED) is 0.625. The molecule has 8 heteroatoms. The van der Waals surface area contributed by atoms with Crippen molar-refractivity contribution >= 4 is 17.7 Å². The number of carbonyl (C=O) groups is 1. The summed E-state index contributed by atoms with van der Waals surface area (Å²) < 4.78 is 0. The van der Waals surface area contributed by atoms with Gasteiger partial charge in [-0.2, -0.15) is 5.10 Å². The highest BCUT2D eigenvalue weighted by molar-refractivity contribution is 8.00. The van der Waals surface area contributed by atoms with Gasteiger partial charge in [0.1, 0.15) is 5.25 Å². The van der Waals surface area contributed by atoms with Gasteiger partial charge in [0.05, 0.1) is 0 Å². The molecule has 1 aromatic rings. The number of nitrogens with zero attached hydrogens (tertiary/aromatic N) is 1. The maximum Gasteiger partial charge on any atom is 0.342 e. The molecule has 1 rings (SSSR count).